The third-order valence-corrected chi connectivity index (χ3v) is 1.38. The highest BCUT2D eigenvalue weighted by atomic mass is 15.3. The standard InChI is InChI=1S/C6H7N5/c7-11-4-3-10-6(11)5-8-1-2-9-5/h1-4H,7H2,(H,8,9). The Hall–Kier alpha value is -1.78. The van der Waals surface area contributed by atoms with Crippen LogP contribution >= 0.6 is 0 Å². The summed E-state index contributed by atoms with van der Waals surface area (Å²) >= 11 is 0. The fourth-order valence-electron chi connectivity index (χ4n) is 0.884. The van der Waals surface area contributed by atoms with E-state index < -0.39 is 0 Å². The van der Waals surface area contributed by atoms with E-state index in [0.29, 0.717) is 11.6 Å². The SMILES string of the molecule is Nn1ccnc1-c1ncc[nH]1. The molecular formula is C6H7N5. The number of imidazole rings is 2. The van der Waals surface area contributed by atoms with Crippen LogP contribution in [-0.2, 0) is 0 Å². The second kappa shape index (κ2) is 2.12. The first-order valence-corrected chi connectivity index (χ1v) is 3.16. The van der Waals surface area contributed by atoms with Gasteiger partial charge in [0.05, 0.1) is 0 Å². The summed E-state index contributed by atoms with van der Waals surface area (Å²) in [7, 11) is 0. The Morgan fingerprint density at radius 1 is 1.36 bits per heavy atom. The maximum absolute atomic E-state index is 5.53. The summed E-state index contributed by atoms with van der Waals surface area (Å²) in [5, 5.41) is 0. The Kier molecular flexibility index (Phi) is 1.15. The van der Waals surface area contributed by atoms with Gasteiger partial charge in [-0.05, 0) is 0 Å². The van der Waals surface area contributed by atoms with Crippen LogP contribution < -0.4 is 5.84 Å². The molecule has 0 bridgehead atoms. The molecule has 2 aromatic heterocycles. The Morgan fingerprint density at radius 3 is 2.82 bits per heavy atom. The molecule has 2 rings (SSSR count). The second-order valence-electron chi connectivity index (χ2n) is 2.10. The Morgan fingerprint density at radius 2 is 2.27 bits per heavy atom. The number of hydrogen-bond acceptors (Lipinski definition) is 3. The van der Waals surface area contributed by atoms with Gasteiger partial charge >= 0.3 is 0 Å². The topological polar surface area (TPSA) is 72.5 Å². The molecule has 0 aliphatic carbocycles. The van der Waals surface area contributed by atoms with Crippen LogP contribution in [0.1, 0.15) is 0 Å². The van der Waals surface area contributed by atoms with Crippen molar-refractivity contribution in [3.05, 3.63) is 24.8 Å². The molecule has 2 heterocycles. The van der Waals surface area contributed by atoms with Gasteiger partial charge in [-0.25, -0.2) is 14.6 Å². The van der Waals surface area contributed by atoms with Gasteiger partial charge in [0, 0.05) is 24.8 Å². The summed E-state index contributed by atoms with van der Waals surface area (Å²) in [6.45, 7) is 0. The molecular weight excluding hydrogens is 142 g/mol. The molecule has 0 saturated carbocycles. The molecule has 0 amide bonds. The van der Waals surface area contributed by atoms with E-state index in [-0.39, 0.29) is 0 Å². The number of hydrogen-bond donors (Lipinski definition) is 2. The first kappa shape index (κ1) is 5.96. The van der Waals surface area contributed by atoms with Gasteiger partial charge in [-0.15, -0.1) is 0 Å². The number of nitrogens with one attached hydrogen (secondary N) is 1. The van der Waals surface area contributed by atoms with E-state index in [2.05, 4.69) is 15.0 Å². The first-order chi connectivity index (χ1) is 5.38. The third kappa shape index (κ3) is 0.861. The lowest BCUT2D eigenvalue weighted by molar-refractivity contribution is 0.991. The van der Waals surface area contributed by atoms with E-state index in [1.54, 1.807) is 24.8 Å². The van der Waals surface area contributed by atoms with Gasteiger partial charge in [0.15, 0.2) is 11.6 Å². The lowest BCUT2D eigenvalue weighted by atomic mass is 10.6. The molecule has 56 valence electrons. The molecule has 3 N–H and O–H groups in total. The van der Waals surface area contributed by atoms with E-state index in [9.17, 15) is 0 Å². The Labute approximate surface area is 62.9 Å². The number of nitrogen functional groups attached to an aromatic ring is 1. The number of aromatic nitrogens is 4. The number of nitrogens with two attached hydrogens (primary N) is 1. The molecule has 5 heteroatoms. The van der Waals surface area contributed by atoms with E-state index in [1.165, 1.54) is 4.68 Å². The molecule has 0 unspecified atom stereocenters. The Balaban J connectivity index is 2.53. The Bertz CT molecular complexity index is 333. The monoisotopic (exact) mass is 149 g/mol. The third-order valence-electron chi connectivity index (χ3n) is 1.38. The van der Waals surface area contributed by atoms with Gasteiger partial charge in [-0.2, -0.15) is 0 Å². The molecule has 0 atom stereocenters. The van der Waals surface area contributed by atoms with Gasteiger partial charge in [-0.1, -0.05) is 0 Å². The van der Waals surface area contributed by atoms with Gasteiger partial charge in [0.2, 0.25) is 0 Å². The lowest BCUT2D eigenvalue weighted by Gasteiger charge is -1.94. The minimum atomic E-state index is 0.634. The fraction of sp³-hybridized carbons (Fsp3) is 0. The maximum atomic E-state index is 5.53. The molecule has 11 heavy (non-hydrogen) atoms. The smallest absolute Gasteiger partial charge is 0.194 e. The molecule has 0 saturated heterocycles. The van der Waals surface area contributed by atoms with E-state index in [1.807, 2.05) is 0 Å². The van der Waals surface area contributed by atoms with Crippen molar-refractivity contribution in [2.45, 2.75) is 0 Å². The highest BCUT2D eigenvalue weighted by Crippen LogP contribution is 2.07. The maximum Gasteiger partial charge on any atom is 0.194 e. The number of rotatable bonds is 1. The highest BCUT2D eigenvalue weighted by molar-refractivity contribution is 5.42. The number of nitrogens with zero attached hydrogens (tertiary/aromatic N) is 3. The summed E-state index contributed by atoms with van der Waals surface area (Å²) < 4.78 is 1.42. The molecule has 0 aromatic carbocycles. The molecule has 0 aliphatic rings. The molecule has 2 aromatic rings. The van der Waals surface area contributed by atoms with Gasteiger partial charge in [0.1, 0.15) is 0 Å². The predicted octanol–water partition coefficient (Wildman–Crippen LogP) is -0.0130. The van der Waals surface area contributed by atoms with Crippen molar-refractivity contribution < 1.29 is 0 Å². The van der Waals surface area contributed by atoms with Crippen LogP contribution in [0.15, 0.2) is 24.8 Å². The van der Waals surface area contributed by atoms with Crippen LogP contribution in [0.4, 0.5) is 0 Å². The van der Waals surface area contributed by atoms with Crippen molar-refractivity contribution in [1.82, 2.24) is 19.6 Å². The minimum absolute atomic E-state index is 0.634. The van der Waals surface area contributed by atoms with Crippen LogP contribution in [0.5, 0.6) is 0 Å². The molecule has 0 spiro atoms. The minimum Gasteiger partial charge on any atom is -0.342 e. The molecule has 0 aliphatic heterocycles. The summed E-state index contributed by atoms with van der Waals surface area (Å²) in [5.74, 6) is 6.84. The van der Waals surface area contributed by atoms with Crippen molar-refractivity contribution in [2.75, 3.05) is 5.84 Å². The molecule has 0 radical (unpaired) electrons. The zero-order valence-electron chi connectivity index (χ0n) is 5.73. The van der Waals surface area contributed by atoms with Crippen LogP contribution in [-0.4, -0.2) is 19.6 Å². The quantitative estimate of drug-likeness (QED) is 0.560. The zero-order chi connectivity index (χ0) is 7.68. The fourth-order valence-corrected chi connectivity index (χ4v) is 0.884. The lowest BCUT2D eigenvalue weighted by Crippen LogP contribution is -2.08. The zero-order valence-corrected chi connectivity index (χ0v) is 5.73. The van der Waals surface area contributed by atoms with Gasteiger partial charge in [-0.3, -0.25) is 0 Å². The van der Waals surface area contributed by atoms with Crippen LogP contribution in [0, 0.1) is 0 Å². The summed E-state index contributed by atoms with van der Waals surface area (Å²) in [6.07, 6.45) is 6.67. The van der Waals surface area contributed by atoms with E-state index in [4.69, 9.17) is 5.84 Å². The van der Waals surface area contributed by atoms with Crippen molar-refractivity contribution >= 4 is 0 Å². The molecule has 5 nitrogen and oxygen atoms in total. The predicted molar refractivity (Wildman–Crippen MR) is 40.0 cm³/mol. The normalized spacial score (nSPS) is 10.2. The average Bonchev–Trinajstić information content (AvgIpc) is 2.55. The number of H-pyrrole nitrogens is 1. The number of aromatic amines is 1. The van der Waals surface area contributed by atoms with Gasteiger partial charge < -0.3 is 10.8 Å². The van der Waals surface area contributed by atoms with Gasteiger partial charge in [0.25, 0.3) is 0 Å². The average molecular weight is 149 g/mol. The van der Waals surface area contributed by atoms with Crippen molar-refractivity contribution in [2.24, 2.45) is 0 Å². The largest absolute Gasteiger partial charge is 0.342 e. The van der Waals surface area contributed by atoms with Crippen molar-refractivity contribution in [1.29, 1.82) is 0 Å². The molecule has 0 fully saturated rings. The second-order valence-corrected chi connectivity index (χ2v) is 2.10. The highest BCUT2D eigenvalue weighted by Gasteiger charge is 2.03. The van der Waals surface area contributed by atoms with Crippen molar-refractivity contribution in [3.8, 4) is 11.6 Å². The van der Waals surface area contributed by atoms with Crippen LogP contribution in [0.25, 0.3) is 11.6 Å². The van der Waals surface area contributed by atoms with Crippen LogP contribution in [0.2, 0.25) is 0 Å². The van der Waals surface area contributed by atoms with Crippen molar-refractivity contribution in [3.63, 3.8) is 0 Å². The van der Waals surface area contributed by atoms with E-state index >= 15 is 0 Å². The van der Waals surface area contributed by atoms with E-state index in [0.717, 1.165) is 0 Å². The van der Waals surface area contributed by atoms with Crippen LogP contribution in [0.3, 0.4) is 0 Å². The summed E-state index contributed by atoms with van der Waals surface area (Å²) in [4.78, 5) is 10.9. The first-order valence-electron chi connectivity index (χ1n) is 3.16. The summed E-state index contributed by atoms with van der Waals surface area (Å²) in [5.41, 5.74) is 0. The summed E-state index contributed by atoms with van der Waals surface area (Å²) in [6, 6.07) is 0.